The van der Waals surface area contributed by atoms with Gasteiger partial charge >= 0.3 is 6.09 Å². The van der Waals surface area contributed by atoms with Crippen molar-refractivity contribution < 1.29 is 28.7 Å². The summed E-state index contributed by atoms with van der Waals surface area (Å²) in [6.45, 7) is 4.27. The molecule has 1 saturated carbocycles. The number of hydrogen-bond donors (Lipinski definition) is 1. The number of likely N-dealkylation sites (tertiary alicyclic amines) is 2. The zero-order chi connectivity index (χ0) is 28.4. The molecule has 3 heterocycles. The van der Waals surface area contributed by atoms with Crippen molar-refractivity contribution in [2.45, 2.75) is 76.1 Å². The van der Waals surface area contributed by atoms with Crippen LogP contribution < -0.4 is 10.1 Å². The van der Waals surface area contributed by atoms with Gasteiger partial charge in [0.1, 0.15) is 17.7 Å². The molecule has 3 fully saturated rings. The molecule has 3 aliphatic rings. The van der Waals surface area contributed by atoms with Gasteiger partial charge in [0.25, 0.3) is 5.91 Å². The highest BCUT2D eigenvalue weighted by Crippen LogP contribution is 2.39. The van der Waals surface area contributed by atoms with Gasteiger partial charge in [-0.2, -0.15) is 0 Å². The van der Waals surface area contributed by atoms with Crippen LogP contribution in [0, 0.1) is 5.92 Å². The third-order valence-electron chi connectivity index (χ3n) is 8.29. The number of hydrogen-bond acceptors (Lipinski definition) is 7. The largest absolute Gasteiger partial charge is 0.414 e. The van der Waals surface area contributed by atoms with Crippen molar-refractivity contribution in [2.24, 2.45) is 5.92 Å². The lowest BCUT2D eigenvalue weighted by atomic mass is 9.99. The van der Waals surface area contributed by atoms with Crippen molar-refractivity contribution >= 4 is 35.0 Å². The number of carbonyl (C=O) groups is 4. The predicted octanol–water partition coefficient (Wildman–Crippen LogP) is 4.26. The number of nitrogens with zero attached hydrogens (tertiary/aromatic N) is 2. The van der Waals surface area contributed by atoms with E-state index in [0.29, 0.717) is 37.3 Å². The van der Waals surface area contributed by atoms with Crippen LogP contribution in [-0.4, -0.2) is 77.4 Å². The fourth-order valence-electron chi connectivity index (χ4n) is 6.34. The van der Waals surface area contributed by atoms with E-state index in [0.717, 1.165) is 23.3 Å². The first-order valence-electron chi connectivity index (χ1n) is 14.1. The van der Waals surface area contributed by atoms with Gasteiger partial charge in [0, 0.05) is 18.5 Å². The molecule has 1 aromatic carbocycles. The lowest BCUT2D eigenvalue weighted by Crippen LogP contribution is -2.54. The number of carbonyl (C=O) groups excluding carboxylic acids is 4. The van der Waals surface area contributed by atoms with Crippen LogP contribution in [0.5, 0.6) is 5.06 Å². The number of benzene rings is 1. The topological polar surface area (TPSA) is 105 Å². The summed E-state index contributed by atoms with van der Waals surface area (Å²) in [5, 5.41) is 3.18. The van der Waals surface area contributed by atoms with E-state index in [1.807, 2.05) is 50.2 Å². The van der Waals surface area contributed by atoms with E-state index in [1.54, 1.807) is 23.0 Å². The lowest BCUT2D eigenvalue weighted by Gasteiger charge is -2.33. The highest BCUT2D eigenvalue weighted by molar-refractivity contribution is 7.17. The molecule has 0 spiro atoms. The van der Waals surface area contributed by atoms with Crippen molar-refractivity contribution in [1.29, 1.82) is 0 Å². The first-order chi connectivity index (χ1) is 19.2. The van der Waals surface area contributed by atoms with Crippen LogP contribution in [0.4, 0.5) is 4.79 Å². The maximum absolute atomic E-state index is 13.8. The molecule has 214 valence electrons. The summed E-state index contributed by atoms with van der Waals surface area (Å²) in [5.74, 6) is -0.500. The highest BCUT2D eigenvalue weighted by Gasteiger charge is 2.56. The Morgan fingerprint density at radius 2 is 1.80 bits per heavy atom. The van der Waals surface area contributed by atoms with Gasteiger partial charge in [-0.05, 0) is 62.1 Å². The number of thiophene rings is 1. The summed E-state index contributed by atoms with van der Waals surface area (Å²) in [5.41, 5.74) is 0.151. The lowest BCUT2D eigenvalue weighted by molar-refractivity contribution is -0.155. The molecular weight excluding hydrogens is 530 g/mol. The highest BCUT2D eigenvalue weighted by atomic mass is 32.1. The molecule has 0 bridgehead atoms. The maximum atomic E-state index is 13.8. The van der Waals surface area contributed by atoms with Crippen molar-refractivity contribution in [3.8, 4) is 15.5 Å². The zero-order valence-corrected chi connectivity index (χ0v) is 24.1. The van der Waals surface area contributed by atoms with Gasteiger partial charge in [0.2, 0.25) is 5.91 Å². The van der Waals surface area contributed by atoms with E-state index < -0.39 is 23.8 Å². The maximum Gasteiger partial charge on any atom is 0.414 e. The van der Waals surface area contributed by atoms with Crippen LogP contribution in [0.1, 0.15) is 52.4 Å². The molecule has 1 aliphatic carbocycles. The third kappa shape index (κ3) is 5.51. The Morgan fingerprint density at radius 3 is 2.48 bits per heavy atom. The summed E-state index contributed by atoms with van der Waals surface area (Å²) in [4.78, 5) is 57.5. The van der Waals surface area contributed by atoms with Crippen LogP contribution in [0.3, 0.4) is 0 Å². The molecule has 40 heavy (non-hydrogen) atoms. The van der Waals surface area contributed by atoms with Gasteiger partial charge in [-0.25, -0.2) is 4.79 Å². The Bertz CT molecular complexity index is 1260. The second kappa shape index (κ2) is 11.7. The SMILES string of the molecule is COC1(C(=O)N2CC(=O)C3C2CCN3C(=O)C(CC(C)C)NC(=O)Oc2ccc(-c3ccccc3)s2)CCCC1. The number of nitrogens with one attached hydrogen (secondary N) is 1. The van der Waals surface area contributed by atoms with Crippen LogP contribution in [0.2, 0.25) is 0 Å². The van der Waals surface area contributed by atoms with E-state index in [-0.39, 0.29) is 36.1 Å². The first kappa shape index (κ1) is 28.3. The molecule has 1 aromatic heterocycles. The third-order valence-corrected chi connectivity index (χ3v) is 9.30. The average molecular weight is 568 g/mol. The number of fused-ring (bicyclic) bond motifs is 1. The van der Waals surface area contributed by atoms with Crippen molar-refractivity contribution in [3.05, 3.63) is 42.5 Å². The van der Waals surface area contributed by atoms with Gasteiger partial charge in [0.05, 0.1) is 12.6 Å². The molecule has 10 heteroatoms. The van der Waals surface area contributed by atoms with Gasteiger partial charge in [-0.15, -0.1) is 0 Å². The molecule has 1 N–H and O–H groups in total. The van der Waals surface area contributed by atoms with Gasteiger partial charge in [-0.3, -0.25) is 14.4 Å². The standard InChI is InChI=1S/C30H37N3O6S/c1-19(2)17-21(31-29(37)39-25-12-11-24(40-25)20-9-5-4-6-10-20)27(35)32-16-13-22-26(32)23(34)18-33(22)28(36)30(38-3)14-7-8-15-30/h4-6,9-12,19,21-22,26H,7-8,13-18H2,1-3H3,(H,31,37). The van der Waals surface area contributed by atoms with Crippen molar-refractivity contribution in [3.63, 3.8) is 0 Å². The summed E-state index contributed by atoms with van der Waals surface area (Å²) in [6.07, 6.45) is 3.32. The van der Waals surface area contributed by atoms with Gasteiger partial charge in [-0.1, -0.05) is 55.5 Å². The molecule has 2 aliphatic heterocycles. The molecule has 0 radical (unpaired) electrons. The monoisotopic (exact) mass is 567 g/mol. The smallest absolute Gasteiger partial charge is 0.399 e. The molecule has 3 unspecified atom stereocenters. The molecule has 3 amide bonds. The number of amides is 3. The Hall–Kier alpha value is -3.24. The van der Waals surface area contributed by atoms with Crippen LogP contribution in [0.25, 0.3) is 10.4 Å². The minimum Gasteiger partial charge on any atom is -0.399 e. The number of Topliss-reactive ketones (excluding diaryl/α,β-unsaturated/α-hetero) is 1. The summed E-state index contributed by atoms with van der Waals surface area (Å²) >= 11 is 1.35. The normalized spacial score (nSPS) is 22.4. The van der Waals surface area contributed by atoms with Crippen LogP contribution >= 0.6 is 11.3 Å². The Labute approximate surface area is 238 Å². The minimum atomic E-state index is -0.875. The van der Waals surface area contributed by atoms with E-state index in [1.165, 1.54) is 11.3 Å². The van der Waals surface area contributed by atoms with E-state index in [9.17, 15) is 19.2 Å². The molecule has 5 rings (SSSR count). The van der Waals surface area contributed by atoms with Gasteiger partial charge < -0.3 is 24.6 Å². The van der Waals surface area contributed by atoms with E-state index >= 15 is 0 Å². The molecular formula is C30H37N3O6S. The van der Waals surface area contributed by atoms with Gasteiger partial charge in [0.15, 0.2) is 10.8 Å². The Balaban J connectivity index is 1.26. The fraction of sp³-hybridized carbons (Fsp3) is 0.533. The minimum absolute atomic E-state index is 0.0184. The quantitative estimate of drug-likeness (QED) is 0.511. The fourth-order valence-corrected chi connectivity index (χ4v) is 7.20. The average Bonchev–Trinajstić information content (AvgIpc) is 3.74. The van der Waals surface area contributed by atoms with Crippen LogP contribution in [-0.2, 0) is 19.1 Å². The van der Waals surface area contributed by atoms with Crippen molar-refractivity contribution in [1.82, 2.24) is 15.1 Å². The van der Waals surface area contributed by atoms with Crippen LogP contribution in [0.15, 0.2) is 42.5 Å². The summed E-state index contributed by atoms with van der Waals surface area (Å²) < 4.78 is 11.2. The molecule has 3 atom stereocenters. The predicted molar refractivity (Wildman–Crippen MR) is 151 cm³/mol. The number of rotatable bonds is 8. The second-order valence-electron chi connectivity index (χ2n) is 11.3. The summed E-state index contributed by atoms with van der Waals surface area (Å²) in [7, 11) is 1.56. The van der Waals surface area contributed by atoms with Crippen molar-refractivity contribution in [2.75, 3.05) is 20.2 Å². The Morgan fingerprint density at radius 1 is 1.07 bits per heavy atom. The number of ketones is 1. The molecule has 2 aromatic rings. The second-order valence-corrected chi connectivity index (χ2v) is 12.4. The van der Waals surface area contributed by atoms with E-state index in [2.05, 4.69) is 5.32 Å². The Kier molecular flexibility index (Phi) is 8.28. The first-order valence-corrected chi connectivity index (χ1v) is 14.9. The zero-order valence-electron chi connectivity index (χ0n) is 23.3. The van der Waals surface area contributed by atoms with E-state index in [4.69, 9.17) is 9.47 Å². The number of ether oxygens (including phenoxy) is 2. The molecule has 9 nitrogen and oxygen atoms in total. The summed E-state index contributed by atoms with van der Waals surface area (Å²) in [6, 6.07) is 11.5. The molecule has 2 saturated heterocycles. The number of methoxy groups -OCH3 is 1.